The molecule has 2 aromatic rings. The molecule has 1 aliphatic rings. The summed E-state index contributed by atoms with van der Waals surface area (Å²) in [5, 5.41) is 2.70. The van der Waals surface area contributed by atoms with Crippen LogP contribution in [0.25, 0.3) is 0 Å². The van der Waals surface area contributed by atoms with Crippen molar-refractivity contribution in [2.75, 3.05) is 11.4 Å². The van der Waals surface area contributed by atoms with Crippen LogP contribution >= 0.6 is 0 Å². The first-order valence-electron chi connectivity index (χ1n) is 7.02. The molecule has 1 fully saturated rings. The van der Waals surface area contributed by atoms with Gasteiger partial charge in [-0.05, 0) is 42.8 Å². The molecule has 0 aliphatic carbocycles. The monoisotopic (exact) mass is 302 g/mol. The second-order valence-corrected chi connectivity index (χ2v) is 5.10. The lowest BCUT2D eigenvalue weighted by molar-refractivity contribution is -0.132. The molecule has 5 nitrogen and oxygen atoms in total. The van der Waals surface area contributed by atoms with Gasteiger partial charge in [0, 0.05) is 12.2 Å². The zero-order valence-electron chi connectivity index (χ0n) is 11.8. The molecule has 0 saturated carbocycles. The highest BCUT2D eigenvalue weighted by atomic mass is 19.1. The van der Waals surface area contributed by atoms with E-state index in [9.17, 15) is 14.0 Å². The number of amides is 2. The molecule has 2 heterocycles. The maximum Gasteiger partial charge on any atom is 0.239 e. The van der Waals surface area contributed by atoms with Gasteiger partial charge in [-0.3, -0.25) is 9.59 Å². The minimum Gasteiger partial charge on any atom is -0.467 e. The molecular weight excluding hydrogens is 287 g/mol. The van der Waals surface area contributed by atoms with E-state index < -0.39 is 5.92 Å². The highest BCUT2D eigenvalue weighted by Gasteiger charge is 2.37. The van der Waals surface area contributed by atoms with Gasteiger partial charge >= 0.3 is 0 Å². The molecule has 0 unspecified atom stereocenters. The van der Waals surface area contributed by atoms with Crippen LogP contribution in [-0.2, 0) is 16.1 Å². The number of carbonyl (C=O) groups is 2. The molecule has 2 amide bonds. The predicted octanol–water partition coefficient (Wildman–Crippen LogP) is 2.09. The van der Waals surface area contributed by atoms with Gasteiger partial charge in [-0.1, -0.05) is 0 Å². The molecule has 0 bridgehead atoms. The fourth-order valence-corrected chi connectivity index (χ4v) is 2.51. The molecule has 0 radical (unpaired) electrons. The summed E-state index contributed by atoms with van der Waals surface area (Å²) in [6, 6.07) is 9.16. The van der Waals surface area contributed by atoms with Crippen LogP contribution in [0.15, 0.2) is 47.1 Å². The van der Waals surface area contributed by atoms with Gasteiger partial charge in [0.1, 0.15) is 17.5 Å². The third-order valence-corrected chi connectivity index (χ3v) is 3.68. The maximum atomic E-state index is 12.9. The number of hydrogen-bond donors (Lipinski definition) is 1. The van der Waals surface area contributed by atoms with Crippen LogP contribution in [0.1, 0.15) is 12.2 Å². The zero-order chi connectivity index (χ0) is 15.5. The smallest absolute Gasteiger partial charge is 0.239 e. The Morgan fingerprint density at radius 1 is 1.32 bits per heavy atom. The average molecular weight is 302 g/mol. The summed E-state index contributed by atoms with van der Waals surface area (Å²) < 4.78 is 18.1. The fourth-order valence-electron chi connectivity index (χ4n) is 2.51. The molecule has 3 rings (SSSR count). The Morgan fingerprint density at radius 2 is 2.09 bits per heavy atom. The summed E-state index contributed by atoms with van der Waals surface area (Å²) in [6.45, 7) is 0.704. The van der Waals surface area contributed by atoms with E-state index in [-0.39, 0.29) is 24.2 Å². The number of nitrogens with one attached hydrogen (secondary N) is 1. The fraction of sp³-hybridized carbons (Fsp3) is 0.250. The van der Waals surface area contributed by atoms with Crippen molar-refractivity contribution in [3.8, 4) is 0 Å². The van der Waals surface area contributed by atoms with Crippen molar-refractivity contribution in [1.82, 2.24) is 5.32 Å². The summed E-state index contributed by atoms with van der Waals surface area (Å²) >= 11 is 0. The highest BCUT2D eigenvalue weighted by Crippen LogP contribution is 2.25. The molecule has 1 aromatic heterocycles. The number of furan rings is 1. The predicted molar refractivity (Wildman–Crippen MR) is 77.4 cm³/mol. The molecular formula is C16H15FN2O3. The van der Waals surface area contributed by atoms with Gasteiger partial charge in [0.15, 0.2) is 0 Å². The molecule has 1 aromatic carbocycles. The maximum absolute atomic E-state index is 12.9. The molecule has 6 heteroatoms. The van der Waals surface area contributed by atoms with Gasteiger partial charge in [-0.25, -0.2) is 4.39 Å². The Labute approximate surface area is 126 Å². The van der Waals surface area contributed by atoms with Crippen LogP contribution in [0.3, 0.4) is 0 Å². The molecule has 22 heavy (non-hydrogen) atoms. The third kappa shape index (κ3) is 2.86. The van der Waals surface area contributed by atoms with Crippen molar-refractivity contribution in [2.45, 2.75) is 13.0 Å². The highest BCUT2D eigenvalue weighted by molar-refractivity contribution is 6.09. The summed E-state index contributed by atoms with van der Waals surface area (Å²) in [5.74, 6) is -1.01. The molecule has 114 valence electrons. The number of nitrogens with zero attached hydrogens (tertiary/aromatic N) is 1. The Morgan fingerprint density at radius 3 is 2.77 bits per heavy atom. The van der Waals surface area contributed by atoms with Crippen LogP contribution in [0, 0.1) is 11.7 Å². The van der Waals surface area contributed by atoms with Crippen molar-refractivity contribution < 1.29 is 18.4 Å². The first kappa shape index (κ1) is 14.3. The summed E-state index contributed by atoms with van der Waals surface area (Å²) in [7, 11) is 0. The normalized spacial score (nSPS) is 17.8. The van der Waals surface area contributed by atoms with Gasteiger partial charge in [0.05, 0.1) is 12.8 Å². The quantitative estimate of drug-likeness (QED) is 0.880. The lowest BCUT2D eigenvalue weighted by Gasteiger charge is -2.16. The van der Waals surface area contributed by atoms with Crippen molar-refractivity contribution in [3.05, 3.63) is 54.2 Å². The van der Waals surface area contributed by atoms with Crippen molar-refractivity contribution in [2.24, 2.45) is 5.92 Å². The average Bonchev–Trinajstić information content (AvgIpc) is 3.15. The topological polar surface area (TPSA) is 62.6 Å². The van der Waals surface area contributed by atoms with E-state index in [1.807, 2.05) is 0 Å². The van der Waals surface area contributed by atoms with E-state index in [0.717, 1.165) is 0 Å². The lowest BCUT2D eigenvalue weighted by Crippen LogP contribution is -2.36. The van der Waals surface area contributed by atoms with E-state index >= 15 is 0 Å². The van der Waals surface area contributed by atoms with E-state index in [2.05, 4.69) is 5.32 Å². The number of benzene rings is 1. The number of halogens is 1. The number of anilines is 1. The largest absolute Gasteiger partial charge is 0.467 e. The van der Waals surface area contributed by atoms with Gasteiger partial charge in [-0.15, -0.1) is 0 Å². The molecule has 1 N–H and O–H groups in total. The van der Waals surface area contributed by atoms with Gasteiger partial charge < -0.3 is 14.6 Å². The van der Waals surface area contributed by atoms with E-state index in [0.29, 0.717) is 24.4 Å². The molecule has 0 spiro atoms. The van der Waals surface area contributed by atoms with E-state index in [1.54, 1.807) is 12.1 Å². The second kappa shape index (κ2) is 6.01. The Balaban J connectivity index is 1.63. The van der Waals surface area contributed by atoms with Gasteiger partial charge in [0.2, 0.25) is 11.8 Å². The van der Waals surface area contributed by atoms with E-state index in [1.165, 1.54) is 35.4 Å². The standard InChI is InChI=1S/C16H15FN2O3/c17-11-3-5-12(6-4-11)19-8-7-14(16(19)21)15(20)18-10-13-2-1-9-22-13/h1-6,9,14H,7-8,10H2,(H,18,20)/t14-/m0/s1. The summed E-state index contributed by atoms with van der Waals surface area (Å²) in [6.07, 6.45) is 1.97. The minimum atomic E-state index is -0.708. The Hall–Kier alpha value is -2.63. The Kier molecular flexibility index (Phi) is 3.91. The first-order valence-corrected chi connectivity index (χ1v) is 7.02. The first-order chi connectivity index (χ1) is 10.6. The van der Waals surface area contributed by atoms with Crippen molar-refractivity contribution >= 4 is 17.5 Å². The number of carbonyl (C=O) groups excluding carboxylic acids is 2. The van der Waals surface area contributed by atoms with Crippen LogP contribution in [0.4, 0.5) is 10.1 Å². The van der Waals surface area contributed by atoms with Crippen LogP contribution in [0.5, 0.6) is 0 Å². The zero-order valence-corrected chi connectivity index (χ0v) is 11.8. The number of hydrogen-bond acceptors (Lipinski definition) is 3. The lowest BCUT2D eigenvalue weighted by atomic mass is 10.1. The van der Waals surface area contributed by atoms with Crippen molar-refractivity contribution in [3.63, 3.8) is 0 Å². The van der Waals surface area contributed by atoms with Gasteiger partial charge in [-0.2, -0.15) is 0 Å². The summed E-state index contributed by atoms with van der Waals surface area (Å²) in [5.41, 5.74) is 0.604. The van der Waals surface area contributed by atoms with Crippen molar-refractivity contribution in [1.29, 1.82) is 0 Å². The minimum absolute atomic E-state index is 0.256. The third-order valence-electron chi connectivity index (χ3n) is 3.68. The Bertz CT molecular complexity index is 667. The van der Waals surface area contributed by atoms with Crippen LogP contribution in [-0.4, -0.2) is 18.4 Å². The van der Waals surface area contributed by atoms with Gasteiger partial charge in [0.25, 0.3) is 0 Å². The summed E-state index contributed by atoms with van der Waals surface area (Å²) in [4.78, 5) is 26.0. The SMILES string of the molecule is O=C(NCc1ccco1)[C@@H]1CCN(c2ccc(F)cc2)C1=O. The molecule has 1 saturated heterocycles. The van der Waals surface area contributed by atoms with Crippen LogP contribution < -0.4 is 10.2 Å². The van der Waals surface area contributed by atoms with Crippen LogP contribution in [0.2, 0.25) is 0 Å². The molecule has 1 atom stereocenters. The molecule has 1 aliphatic heterocycles. The van der Waals surface area contributed by atoms with E-state index in [4.69, 9.17) is 4.42 Å². The second-order valence-electron chi connectivity index (χ2n) is 5.10. The number of rotatable bonds is 4.